The minimum Gasteiger partial charge on any atom is -0.405 e. The Morgan fingerprint density at radius 2 is 1.80 bits per heavy atom. The van der Waals surface area contributed by atoms with E-state index in [0.717, 1.165) is 12.1 Å². The van der Waals surface area contributed by atoms with Crippen LogP contribution in [0.5, 0.6) is 5.75 Å². The molecule has 0 unspecified atom stereocenters. The highest BCUT2D eigenvalue weighted by Gasteiger charge is 2.40. The van der Waals surface area contributed by atoms with Crippen molar-refractivity contribution >= 4 is 28.3 Å². The second-order valence-electron chi connectivity index (χ2n) is 3.63. The lowest BCUT2D eigenvalue weighted by Gasteiger charge is -2.24. The van der Waals surface area contributed by atoms with Crippen LogP contribution in [0.25, 0.3) is 0 Å². The normalized spacial score (nSPS) is 13.6. The number of aliphatic hydroxyl groups excluding tert-OH is 1. The van der Waals surface area contributed by atoms with E-state index in [2.05, 4.69) is 20.7 Å². The Labute approximate surface area is 125 Å². The molecule has 0 radical (unpaired) electrons. The molecule has 0 saturated heterocycles. The second-order valence-corrected chi connectivity index (χ2v) is 4.54. The zero-order valence-electron chi connectivity index (χ0n) is 9.63. The summed E-state index contributed by atoms with van der Waals surface area (Å²) in [5.41, 5.74) is 4.63. The molecular weight excluding hydrogens is 376 g/mol. The smallest absolute Gasteiger partial charge is 0.405 e. The van der Waals surface area contributed by atoms with E-state index < -0.39 is 36.2 Å². The monoisotopic (exact) mass is 385 g/mol. The number of ether oxygens (including phenoxy) is 1. The lowest BCUT2D eigenvalue weighted by molar-refractivity contribution is -0.275. The van der Waals surface area contributed by atoms with Crippen LogP contribution in [0.2, 0.25) is 0 Å². The van der Waals surface area contributed by atoms with E-state index in [9.17, 15) is 22.0 Å². The maximum Gasteiger partial charge on any atom is 0.573 e. The van der Waals surface area contributed by atoms with Crippen LogP contribution in [0.4, 0.5) is 22.0 Å². The van der Waals surface area contributed by atoms with Crippen molar-refractivity contribution in [1.29, 1.82) is 0 Å². The third kappa shape index (κ3) is 5.04. The van der Waals surface area contributed by atoms with E-state index in [0.29, 0.717) is 0 Å². The Morgan fingerprint density at radius 3 is 2.25 bits per heavy atom. The molecule has 10 heteroatoms. The van der Waals surface area contributed by atoms with Gasteiger partial charge >= 0.3 is 6.36 Å². The molecule has 0 aliphatic carbocycles. The predicted molar refractivity (Wildman–Crippen MR) is 67.0 cm³/mol. The summed E-state index contributed by atoms with van der Waals surface area (Å²) in [6, 6.07) is 0.900. The van der Waals surface area contributed by atoms with Crippen LogP contribution in [-0.4, -0.2) is 24.0 Å². The summed E-state index contributed by atoms with van der Waals surface area (Å²) < 4.78 is 66.8. The molecule has 3 nitrogen and oxygen atoms in total. The maximum atomic E-state index is 13.2. The molecule has 0 bridgehead atoms. The van der Waals surface area contributed by atoms with Gasteiger partial charge in [0, 0.05) is 10.0 Å². The molecule has 1 aromatic carbocycles. The third-order valence-electron chi connectivity index (χ3n) is 2.20. The van der Waals surface area contributed by atoms with Gasteiger partial charge in [0.2, 0.25) is 0 Å². The zero-order chi connectivity index (χ0) is 14.8. The topological polar surface area (TPSA) is 55.5 Å². The van der Waals surface area contributed by atoms with E-state index in [4.69, 9.17) is 10.8 Å². The Balaban J connectivity index is 0.00000361. The number of hydrogen-bond acceptors (Lipinski definition) is 3. The Kier molecular flexibility index (Phi) is 6.66. The molecule has 0 spiro atoms. The molecule has 0 aliphatic heterocycles. The molecule has 0 saturated carbocycles. The molecule has 0 aliphatic rings. The van der Waals surface area contributed by atoms with E-state index in [1.165, 1.54) is 6.07 Å². The fourth-order valence-corrected chi connectivity index (χ4v) is 1.68. The number of rotatable bonds is 4. The fraction of sp³-hybridized carbons (Fsp3) is 0.400. The average molecular weight is 387 g/mol. The van der Waals surface area contributed by atoms with E-state index in [1.807, 2.05) is 0 Å². The molecule has 1 rings (SSSR count). The molecule has 1 atom stereocenters. The van der Waals surface area contributed by atoms with Crippen LogP contribution >= 0.6 is 28.3 Å². The van der Waals surface area contributed by atoms with Crippen molar-refractivity contribution in [2.75, 3.05) is 6.61 Å². The summed E-state index contributed by atoms with van der Waals surface area (Å²) >= 11 is 2.93. The van der Waals surface area contributed by atoms with E-state index in [-0.39, 0.29) is 16.9 Å². The first-order valence-corrected chi connectivity index (χ1v) is 5.65. The quantitative estimate of drug-likeness (QED) is 0.780. The number of nitrogens with two attached hydrogens (primary N) is 1. The number of alkyl halides is 5. The van der Waals surface area contributed by atoms with Crippen molar-refractivity contribution in [3.05, 3.63) is 28.2 Å². The van der Waals surface area contributed by atoms with Crippen LogP contribution < -0.4 is 10.5 Å². The Bertz CT molecular complexity index is 458. The Morgan fingerprint density at radius 1 is 1.25 bits per heavy atom. The van der Waals surface area contributed by atoms with Crippen molar-refractivity contribution in [2.24, 2.45) is 5.73 Å². The maximum absolute atomic E-state index is 13.2. The first-order chi connectivity index (χ1) is 8.57. The second kappa shape index (κ2) is 6.88. The van der Waals surface area contributed by atoms with E-state index in [1.54, 1.807) is 0 Å². The molecule has 0 fully saturated rings. The number of aliphatic hydroxyl groups is 1. The van der Waals surface area contributed by atoms with Crippen LogP contribution in [0, 0.1) is 0 Å². The summed E-state index contributed by atoms with van der Waals surface area (Å²) in [6.45, 7) is -1.59. The zero-order valence-corrected chi connectivity index (χ0v) is 12.0. The van der Waals surface area contributed by atoms with Gasteiger partial charge in [-0.15, -0.1) is 25.6 Å². The van der Waals surface area contributed by atoms with Gasteiger partial charge in [0.25, 0.3) is 5.92 Å². The molecule has 0 heterocycles. The molecule has 116 valence electrons. The lowest BCUT2D eigenvalue weighted by Crippen LogP contribution is -2.36. The van der Waals surface area contributed by atoms with Crippen LogP contribution in [0.3, 0.4) is 0 Å². The minimum absolute atomic E-state index is 0. The third-order valence-corrected chi connectivity index (χ3v) is 2.69. The van der Waals surface area contributed by atoms with Gasteiger partial charge in [-0.3, -0.25) is 0 Å². The standard InChI is InChI=1S/C10H9BrF5NO2.ClH/c11-5-1-2-7(19-10(14,15)16)6(3-5)8(17)9(12,13)4-18;/h1-3,8,18H,4,17H2;1H/t8-;/m1./s1. The van der Waals surface area contributed by atoms with Crippen molar-refractivity contribution in [2.45, 2.75) is 18.3 Å². The molecule has 20 heavy (non-hydrogen) atoms. The van der Waals surface area contributed by atoms with Gasteiger partial charge < -0.3 is 15.6 Å². The minimum atomic E-state index is -5.03. The molecular formula is C10H10BrClF5NO2. The number of halogens is 7. The van der Waals surface area contributed by atoms with Crippen LogP contribution in [0.15, 0.2) is 22.7 Å². The lowest BCUT2D eigenvalue weighted by atomic mass is 10.0. The van der Waals surface area contributed by atoms with Gasteiger partial charge in [0.1, 0.15) is 18.4 Å². The molecule has 0 amide bonds. The first-order valence-electron chi connectivity index (χ1n) is 4.86. The SMILES string of the molecule is Cl.N[C@H](c1cc(Br)ccc1OC(F)(F)F)C(F)(F)CO. The van der Waals surface area contributed by atoms with Crippen molar-refractivity contribution in [3.63, 3.8) is 0 Å². The van der Waals surface area contributed by atoms with Crippen molar-refractivity contribution < 1.29 is 31.8 Å². The summed E-state index contributed by atoms with van der Waals surface area (Å²) in [7, 11) is 0. The van der Waals surface area contributed by atoms with Gasteiger partial charge in [-0.25, -0.2) is 8.78 Å². The first kappa shape index (κ1) is 19.4. The summed E-state index contributed by atoms with van der Waals surface area (Å²) in [5, 5.41) is 8.51. The van der Waals surface area contributed by atoms with Crippen LogP contribution in [0.1, 0.15) is 11.6 Å². The highest BCUT2D eigenvalue weighted by molar-refractivity contribution is 9.10. The number of benzene rings is 1. The van der Waals surface area contributed by atoms with Crippen molar-refractivity contribution in [3.8, 4) is 5.75 Å². The Hall–Kier alpha value is -0.640. The molecule has 0 aromatic heterocycles. The molecule has 3 N–H and O–H groups in total. The van der Waals surface area contributed by atoms with Crippen molar-refractivity contribution in [1.82, 2.24) is 0 Å². The highest BCUT2D eigenvalue weighted by Crippen LogP contribution is 2.37. The fourth-order valence-electron chi connectivity index (χ4n) is 1.31. The number of hydrogen-bond donors (Lipinski definition) is 2. The van der Waals surface area contributed by atoms with Gasteiger partial charge in [0.15, 0.2) is 0 Å². The van der Waals surface area contributed by atoms with Gasteiger partial charge in [-0.2, -0.15) is 0 Å². The van der Waals surface area contributed by atoms with Gasteiger partial charge in [-0.1, -0.05) is 15.9 Å². The summed E-state index contributed by atoms with van der Waals surface area (Å²) in [6.07, 6.45) is -5.03. The van der Waals surface area contributed by atoms with Crippen LogP contribution in [-0.2, 0) is 0 Å². The average Bonchev–Trinajstić information content (AvgIpc) is 2.29. The molecule has 1 aromatic rings. The van der Waals surface area contributed by atoms with Gasteiger partial charge in [-0.05, 0) is 18.2 Å². The summed E-state index contributed by atoms with van der Waals surface area (Å²) in [5.74, 6) is -4.61. The highest BCUT2D eigenvalue weighted by atomic mass is 79.9. The predicted octanol–water partition coefficient (Wildman–Crippen LogP) is 3.40. The summed E-state index contributed by atoms with van der Waals surface area (Å²) in [4.78, 5) is 0. The largest absolute Gasteiger partial charge is 0.573 e. The van der Waals surface area contributed by atoms with Gasteiger partial charge in [0.05, 0.1) is 0 Å². The van der Waals surface area contributed by atoms with E-state index >= 15 is 0 Å².